The average molecular weight is 465 g/mol. The number of sulfone groups is 1. The zero-order valence-electron chi connectivity index (χ0n) is 15.7. The minimum Gasteiger partial charge on any atom is -0.399 e. The largest absolute Gasteiger partial charge is 0.432 e. The van der Waals surface area contributed by atoms with Crippen LogP contribution in [0.2, 0.25) is 5.02 Å². The van der Waals surface area contributed by atoms with Gasteiger partial charge in [0, 0.05) is 29.9 Å². The van der Waals surface area contributed by atoms with E-state index in [4.69, 9.17) is 17.3 Å². The lowest BCUT2D eigenvalue weighted by atomic mass is 10.0. The molecule has 7 nitrogen and oxygen atoms in total. The van der Waals surface area contributed by atoms with Crippen LogP contribution in [0.25, 0.3) is 0 Å². The van der Waals surface area contributed by atoms with E-state index in [-0.39, 0.29) is 36.2 Å². The number of halogens is 4. The molecular formula is C18H20ClF3N4O3S. The number of aromatic amines is 1. The Labute approximate surface area is 176 Å². The van der Waals surface area contributed by atoms with E-state index in [0.29, 0.717) is 35.2 Å². The number of amides is 1. The Balaban J connectivity index is 1.81. The van der Waals surface area contributed by atoms with Crippen molar-refractivity contribution in [2.75, 3.05) is 23.8 Å². The first-order chi connectivity index (χ1) is 13.9. The van der Waals surface area contributed by atoms with E-state index in [2.05, 4.69) is 5.10 Å². The third-order valence-electron chi connectivity index (χ3n) is 4.95. The smallest absolute Gasteiger partial charge is 0.399 e. The van der Waals surface area contributed by atoms with Crippen molar-refractivity contribution in [1.29, 1.82) is 0 Å². The number of H-pyrrole nitrogens is 1. The van der Waals surface area contributed by atoms with Gasteiger partial charge in [-0.15, -0.1) is 0 Å². The van der Waals surface area contributed by atoms with Crippen molar-refractivity contribution in [3.63, 3.8) is 0 Å². The van der Waals surface area contributed by atoms with Gasteiger partial charge >= 0.3 is 6.18 Å². The second kappa shape index (κ2) is 8.46. The van der Waals surface area contributed by atoms with Crippen LogP contribution in [-0.4, -0.2) is 47.5 Å². The van der Waals surface area contributed by atoms with Crippen LogP contribution in [0, 0.1) is 5.92 Å². The summed E-state index contributed by atoms with van der Waals surface area (Å²) in [7, 11) is -3.08. The SMILES string of the molecule is Nc1ccc(Cl)c(CN(CCC2CCS(=O)(=O)C2)C(=O)c2cc(C(F)(F)F)[nH]n2)c1. The molecule has 1 unspecified atom stereocenters. The molecule has 3 rings (SSSR count). The number of alkyl halides is 3. The van der Waals surface area contributed by atoms with Crippen LogP contribution in [0.15, 0.2) is 24.3 Å². The van der Waals surface area contributed by atoms with Crippen molar-refractivity contribution in [3.05, 3.63) is 46.2 Å². The number of rotatable bonds is 6. The Morgan fingerprint density at radius 3 is 2.67 bits per heavy atom. The molecule has 0 radical (unpaired) electrons. The molecule has 0 aliphatic carbocycles. The van der Waals surface area contributed by atoms with Gasteiger partial charge in [-0.1, -0.05) is 11.6 Å². The summed E-state index contributed by atoms with van der Waals surface area (Å²) in [5.41, 5.74) is 5.20. The maximum absolute atomic E-state index is 12.9. The van der Waals surface area contributed by atoms with Crippen molar-refractivity contribution in [3.8, 4) is 0 Å². The van der Waals surface area contributed by atoms with E-state index in [1.54, 1.807) is 18.2 Å². The highest BCUT2D eigenvalue weighted by Gasteiger charge is 2.35. The molecule has 2 aromatic rings. The molecule has 1 aliphatic rings. The summed E-state index contributed by atoms with van der Waals surface area (Å²) in [6.07, 6.45) is -3.78. The van der Waals surface area contributed by atoms with Gasteiger partial charge in [0.2, 0.25) is 0 Å². The maximum atomic E-state index is 12.9. The van der Waals surface area contributed by atoms with Crippen LogP contribution in [0.3, 0.4) is 0 Å². The topological polar surface area (TPSA) is 109 Å². The zero-order valence-corrected chi connectivity index (χ0v) is 17.3. The number of aromatic nitrogens is 2. The van der Waals surface area contributed by atoms with Gasteiger partial charge in [0.1, 0.15) is 5.69 Å². The van der Waals surface area contributed by atoms with Gasteiger partial charge in [0.15, 0.2) is 15.5 Å². The third kappa shape index (κ3) is 5.45. The predicted octanol–water partition coefficient (Wildman–Crippen LogP) is 3.13. The Hall–Kier alpha value is -2.27. The summed E-state index contributed by atoms with van der Waals surface area (Å²) < 4.78 is 61.9. The second-order valence-electron chi connectivity index (χ2n) is 7.30. The lowest BCUT2D eigenvalue weighted by Crippen LogP contribution is -2.33. The van der Waals surface area contributed by atoms with E-state index in [1.165, 1.54) is 4.90 Å². The van der Waals surface area contributed by atoms with Crippen molar-refractivity contribution in [1.82, 2.24) is 15.1 Å². The molecule has 30 heavy (non-hydrogen) atoms. The Bertz CT molecular complexity index is 1040. The highest BCUT2D eigenvalue weighted by molar-refractivity contribution is 7.91. The van der Waals surface area contributed by atoms with Crippen LogP contribution < -0.4 is 5.73 Å². The fourth-order valence-corrected chi connectivity index (χ4v) is 5.44. The summed E-state index contributed by atoms with van der Waals surface area (Å²) in [5, 5.41) is 5.67. The first-order valence-corrected chi connectivity index (χ1v) is 11.3. The fourth-order valence-electron chi connectivity index (χ4n) is 3.35. The van der Waals surface area contributed by atoms with E-state index in [1.807, 2.05) is 5.10 Å². The minimum atomic E-state index is -4.66. The minimum absolute atomic E-state index is 0.00358. The van der Waals surface area contributed by atoms with Gasteiger partial charge < -0.3 is 10.6 Å². The Morgan fingerprint density at radius 1 is 1.33 bits per heavy atom. The van der Waals surface area contributed by atoms with Gasteiger partial charge in [0.25, 0.3) is 5.91 Å². The number of nitrogens with one attached hydrogen (secondary N) is 1. The summed E-state index contributed by atoms with van der Waals surface area (Å²) in [6.45, 7) is 0.134. The zero-order chi connectivity index (χ0) is 22.1. The first-order valence-electron chi connectivity index (χ1n) is 9.11. The van der Waals surface area contributed by atoms with Gasteiger partial charge in [-0.05, 0) is 42.5 Å². The first kappa shape index (κ1) is 22.4. The van der Waals surface area contributed by atoms with Crippen LogP contribution in [0.1, 0.15) is 34.6 Å². The number of benzene rings is 1. The van der Waals surface area contributed by atoms with Crippen LogP contribution in [-0.2, 0) is 22.6 Å². The predicted molar refractivity (Wildman–Crippen MR) is 106 cm³/mol. The Morgan fingerprint density at radius 2 is 2.07 bits per heavy atom. The van der Waals surface area contributed by atoms with Crippen molar-refractivity contribution in [2.24, 2.45) is 5.92 Å². The average Bonchev–Trinajstić information content (AvgIpc) is 3.27. The molecule has 2 heterocycles. The van der Waals surface area contributed by atoms with Crippen LogP contribution in [0.4, 0.5) is 18.9 Å². The number of hydrogen-bond acceptors (Lipinski definition) is 5. The van der Waals surface area contributed by atoms with E-state index in [0.717, 1.165) is 0 Å². The van der Waals surface area contributed by atoms with Gasteiger partial charge in [-0.25, -0.2) is 8.42 Å². The molecule has 0 saturated carbocycles. The normalized spacial score (nSPS) is 18.5. The molecule has 1 aromatic carbocycles. The van der Waals surface area contributed by atoms with Crippen molar-refractivity contribution < 1.29 is 26.4 Å². The Kier molecular flexibility index (Phi) is 6.32. The quantitative estimate of drug-likeness (QED) is 0.638. The molecule has 1 aromatic heterocycles. The van der Waals surface area contributed by atoms with Crippen LogP contribution >= 0.6 is 11.6 Å². The lowest BCUT2D eigenvalue weighted by Gasteiger charge is -2.24. The molecule has 1 atom stereocenters. The highest BCUT2D eigenvalue weighted by Crippen LogP contribution is 2.29. The fraction of sp³-hybridized carbons (Fsp3) is 0.444. The van der Waals surface area contributed by atoms with E-state index >= 15 is 0 Å². The number of carbonyl (C=O) groups is 1. The second-order valence-corrected chi connectivity index (χ2v) is 9.94. The molecule has 164 valence electrons. The molecule has 3 N–H and O–H groups in total. The van der Waals surface area contributed by atoms with Crippen molar-refractivity contribution >= 4 is 33.0 Å². The van der Waals surface area contributed by atoms with Crippen molar-refractivity contribution in [2.45, 2.75) is 25.6 Å². The molecule has 1 fully saturated rings. The standard InChI is InChI=1S/C18H20ClF3N4O3S/c19-14-2-1-13(23)7-12(14)9-26(5-3-11-4-6-30(28,29)10-11)17(27)15-8-16(25-24-15)18(20,21)22/h1-2,7-8,11H,3-6,9-10,23H2,(H,24,25). The van der Waals surface area contributed by atoms with E-state index in [9.17, 15) is 26.4 Å². The number of nitrogen functional groups attached to an aromatic ring is 1. The number of nitrogens with zero attached hydrogens (tertiary/aromatic N) is 2. The summed E-state index contributed by atoms with van der Waals surface area (Å²) in [4.78, 5) is 14.2. The highest BCUT2D eigenvalue weighted by atomic mass is 35.5. The molecule has 1 aliphatic heterocycles. The molecule has 1 amide bonds. The third-order valence-corrected chi connectivity index (χ3v) is 7.16. The lowest BCUT2D eigenvalue weighted by molar-refractivity contribution is -0.141. The van der Waals surface area contributed by atoms with E-state index < -0.39 is 27.6 Å². The summed E-state index contributed by atoms with van der Waals surface area (Å²) in [6, 6.07) is 5.38. The number of nitrogens with two attached hydrogens (primary N) is 1. The molecule has 12 heteroatoms. The molecule has 1 saturated heterocycles. The molecule has 0 bridgehead atoms. The number of carbonyl (C=O) groups excluding carboxylic acids is 1. The maximum Gasteiger partial charge on any atom is 0.432 e. The molecule has 0 spiro atoms. The monoisotopic (exact) mass is 464 g/mol. The summed E-state index contributed by atoms with van der Waals surface area (Å²) >= 11 is 6.18. The van der Waals surface area contributed by atoms with Crippen LogP contribution in [0.5, 0.6) is 0 Å². The number of anilines is 1. The summed E-state index contributed by atoms with van der Waals surface area (Å²) in [5.74, 6) is -0.706. The molecular weight excluding hydrogens is 445 g/mol. The van der Waals surface area contributed by atoms with Gasteiger partial charge in [0.05, 0.1) is 11.5 Å². The van der Waals surface area contributed by atoms with Gasteiger partial charge in [-0.2, -0.15) is 18.3 Å². The van der Waals surface area contributed by atoms with Gasteiger partial charge in [-0.3, -0.25) is 9.89 Å². The number of hydrogen-bond donors (Lipinski definition) is 2.